The van der Waals surface area contributed by atoms with Crippen LogP contribution < -0.4 is 10.1 Å². The van der Waals surface area contributed by atoms with Crippen molar-refractivity contribution in [3.05, 3.63) is 28.8 Å². The van der Waals surface area contributed by atoms with Gasteiger partial charge in [-0.2, -0.15) is 0 Å². The lowest BCUT2D eigenvalue weighted by molar-refractivity contribution is -0.110. The number of carbonyl (C=O) groups excluding carboxylic acids is 1. The summed E-state index contributed by atoms with van der Waals surface area (Å²) in [4.78, 5) is 10.4. The fraction of sp³-hybridized carbons (Fsp3) is 0.462. The van der Waals surface area contributed by atoms with Crippen molar-refractivity contribution in [1.29, 1.82) is 0 Å². The molecule has 1 aromatic rings. The SMILES string of the molecule is CCOc1cc(CC(CC)NC=O)ccc1Cl. The number of amides is 1. The summed E-state index contributed by atoms with van der Waals surface area (Å²) in [6, 6.07) is 5.87. The molecule has 1 unspecified atom stereocenters. The molecule has 1 aromatic carbocycles. The molecule has 0 saturated carbocycles. The first-order valence-electron chi connectivity index (χ1n) is 5.82. The van der Waals surface area contributed by atoms with E-state index in [1.54, 1.807) is 0 Å². The van der Waals surface area contributed by atoms with Crippen molar-refractivity contribution in [3.8, 4) is 5.75 Å². The second-order valence-electron chi connectivity index (χ2n) is 3.79. The van der Waals surface area contributed by atoms with Crippen molar-refractivity contribution in [2.75, 3.05) is 6.61 Å². The van der Waals surface area contributed by atoms with Gasteiger partial charge in [0.15, 0.2) is 0 Å². The van der Waals surface area contributed by atoms with Crippen LogP contribution in [0.4, 0.5) is 0 Å². The number of carbonyl (C=O) groups is 1. The largest absolute Gasteiger partial charge is 0.492 e. The third-order valence-corrected chi connectivity index (χ3v) is 2.89. The molecule has 0 aliphatic heterocycles. The zero-order valence-electron chi connectivity index (χ0n) is 10.2. The van der Waals surface area contributed by atoms with Gasteiger partial charge in [-0.1, -0.05) is 24.6 Å². The summed E-state index contributed by atoms with van der Waals surface area (Å²) in [6.45, 7) is 4.55. The lowest BCUT2D eigenvalue weighted by atomic mass is 10.0. The van der Waals surface area contributed by atoms with Gasteiger partial charge in [0.25, 0.3) is 0 Å². The van der Waals surface area contributed by atoms with E-state index in [9.17, 15) is 4.79 Å². The van der Waals surface area contributed by atoms with E-state index in [4.69, 9.17) is 16.3 Å². The highest BCUT2D eigenvalue weighted by Gasteiger charge is 2.08. The fourth-order valence-electron chi connectivity index (χ4n) is 1.64. The van der Waals surface area contributed by atoms with Crippen LogP contribution in [-0.4, -0.2) is 19.1 Å². The highest BCUT2D eigenvalue weighted by Crippen LogP contribution is 2.26. The van der Waals surface area contributed by atoms with Crippen molar-refractivity contribution < 1.29 is 9.53 Å². The van der Waals surface area contributed by atoms with Crippen LogP contribution in [0.5, 0.6) is 5.75 Å². The first-order chi connectivity index (χ1) is 8.21. The molecule has 0 spiro atoms. The topological polar surface area (TPSA) is 38.3 Å². The molecule has 1 atom stereocenters. The smallest absolute Gasteiger partial charge is 0.207 e. The predicted octanol–water partition coefficient (Wildman–Crippen LogP) is 2.81. The van der Waals surface area contributed by atoms with Crippen molar-refractivity contribution in [2.45, 2.75) is 32.7 Å². The van der Waals surface area contributed by atoms with Gasteiger partial charge in [-0.05, 0) is 37.5 Å². The van der Waals surface area contributed by atoms with Gasteiger partial charge in [-0.3, -0.25) is 4.79 Å². The Morgan fingerprint density at radius 2 is 2.24 bits per heavy atom. The molecular weight excluding hydrogens is 238 g/mol. The molecule has 0 aromatic heterocycles. The predicted molar refractivity (Wildman–Crippen MR) is 69.6 cm³/mol. The van der Waals surface area contributed by atoms with Crippen LogP contribution in [0.2, 0.25) is 5.02 Å². The Morgan fingerprint density at radius 1 is 1.47 bits per heavy atom. The van der Waals surface area contributed by atoms with Crippen LogP contribution in [-0.2, 0) is 11.2 Å². The molecule has 17 heavy (non-hydrogen) atoms. The minimum atomic E-state index is 0.156. The maximum atomic E-state index is 10.4. The summed E-state index contributed by atoms with van der Waals surface area (Å²) in [5, 5.41) is 3.41. The number of halogens is 1. The highest BCUT2D eigenvalue weighted by molar-refractivity contribution is 6.32. The standard InChI is InChI=1S/C13H18ClNO2/c1-3-11(15-9-16)7-10-5-6-12(14)13(8-10)17-4-2/h5-6,8-9,11H,3-4,7H2,1-2H3,(H,15,16). The zero-order valence-corrected chi connectivity index (χ0v) is 11.0. The summed E-state index contributed by atoms with van der Waals surface area (Å²) in [6.07, 6.45) is 2.42. The van der Waals surface area contributed by atoms with E-state index >= 15 is 0 Å². The first kappa shape index (κ1) is 13.8. The Bertz CT molecular complexity index is 368. The Morgan fingerprint density at radius 3 is 2.82 bits per heavy atom. The van der Waals surface area contributed by atoms with E-state index < -0.39 is 0 Å². The van der Waals surface area contributed by atoms with Gasteiger partial charge in [-0.25, -0.2) is 0 Å². The molecular formula is C13H18ClNO2. The van der Waals surface area contributed by atoms with Crippen LogP contribution in [0.1, 0.15) is 25.8 Å². The number of nitrogens with one attached hydrogen (secondary N) is 1. The Kier molecular flexibility index (Phi) is 5.84. The monoisotopic (exact) mass is 255 g/mol. The lowest BCUT2D eigenvalue weighted by Crippen LogP contribution is -2.29. The van der Waals surface area contributed by atoms with Crippen molar-refractivity contribution in [2.24, 2.45) is 0 Å². The third-order valence-electron chi connectivity index (χ3n) is 2.57. The molecule has 1 rings (SSSR count). The molecule has 0 fully saturated rings. The fourth-order valence-corrected chi connectivity index (χ4v) is 1.81. The molecule has 0 aliphatic carbocycles. The van der Waals surface area contributed by atoms with Gasteiger partial charge < -0.3 is 10.1 Å². The average molecular weight is 256 g/mol. The van der Waals surface area contributed by atoms with Crippen LogP contribution in [0.25, 0.3) is 0 Å². The Balaban J connectivity index is 2.76. The number of ether oxygens (including phenoxy) is 1. The minimum Gasteiger partial charge on any atom is -0.492 e. The molecule has 0 heterocycles. The van der Waals surface area contributed by atoms with Crippen LogP contribution >= 0.6 is 11.6 Å². The van der Waals surface area contributed by atoms with E-state index in [1.807, 2.05) is 32.0 Å². The van der Waals surface area contributed by atoms with Gasteiger partial charge in [-0.15, -0.1) is 0 Å². The van der Waals surface area contributed by atoms with Gasteiger partial charge in [0.05, 0.1) is 11.6 Å². The molecule has 94 valence electrons. The first-order valence-corrected chi connectivity index (χ1v) is 6.20. The van der Waals surface area contributed by atoms with E-state index in [0.29, 0.717) is 17.4 Å². The van der Waals surface area contributed by atoms with Gasteiger partial charge in [0, 0.05) is 6.04 Å². The van der Waals surface area contributed by atoms with Gasteiger partial charge in [0.1, 0.15) is 5.75 Å². The van der Waals surface area contributed by atoms with Crippen LogP contribution in [0.15, 0.2) is 18.2 Å². The summed E-state index contributed by atoms with van der Waals surface area (Å²) >= 11 is 6.01. The summed E-state index contributed by atoms with van der Waals surface area (Å²) in [5.74, 6) is 0.702. The van der Waals surface area contributed by atoms with Crippen molar-refractivity contribution in [1.82, 2.24) is 5.32 Å². The third kappa shape index (κ3) is 4.27. The summed E-state index contributed by atoms with van der Waals surface area (Å²) in [5.41, 5.74) is 1.11. The van der Waals surface area contributed by atoms with Crippen LogP contribution in [0.3, 0.4) is 0 Å². The Labute approximate surface area is 107 Å². The second-order valence-corrected chi connectivity index (χ2v) is 4.20. The molecule has 0 saturated heterocycles. The zero-order chi connectivity index (χ0) is 12.7. The van der Waals surface area contributed by atoms with Crippen molar-refractivity contribution in [3.63, 3.8) is 0 Å². The lowest BCUT2D eigenvalue weighted by Gasteiger charge is -2.15. The number of hydrogen-bond acceptors (Lipinski definition) is 2. The van der Waals surface area contributed by atoms with E-state index in [1.165, 1.54) is 0 Å². The maximum Gasteiger partial charge on any atom is 0.207 e. The molecule has 0 aliphatic rings. The van der Waals surface area contributed by atoms with E-state index in [2.05, 4.69) is 5.32 Å². The molecule has 4 heteroatoms. The molecule has 0 radical (unpaired) electrons. The number of hydrogen-bond donors (Lipinski definition) is 1. The second kappa shape index (κ2) is 7.17. The molecule has 3 nitrogen and oxygen atoms in total. The minimum absolute atomic E-state index is 0.156. The summed E-state index contributed by atoms with van der Waals surface area (Å²) in [7, 11) is 0. The average Bonchev–Trinajstić information content (AvgIpc) is 2.33. The summed E-state index contributed by atoms with van der Waals surface area (Å²) < 4.78 is 5.43. The maximum absolute atomic E-state index is 10.4. The normalized spacial score (nSPS) is 11.9. The quantitative estimate of drug-likeness (QED) is 0.761. The van der Waals surface area contributed by atoms with E-state index in [0.717, 1.165) is 24.8 Å². The number of rotatable bonds is 7. The molecule has 1 N–H and O–H groups in total. The Hall–Kier alpha value is -1.22. The van der Waals surface area contributed by atoms with E-state index in [-0.39, 0.29) is 6.04 Å². The highest BCUT2D eigenvalue weighted by atomic mass is 35.5. The van der Waals surface area contributed by atoms with Gasteiger partial charge in [0.2, 0.25) is 6.41 Å². The van der Waals surface area contributed by atoms with Gasteiger partial charge >= 0.3 is 0 Å². The molecule has 1 amide bonds. The van der Waals surface area contributed by atoms with Crippen LogP contribution in [0, 0.1) is 0 Å². The number of benzene rings is 1. The molecule has 0 bridgehead atoms. The van der Waals surface area contributed by atoms with Crippen molar-refractivity contribution >= 4 is 18.0 Å².